The van der Waals surface area contributed by atoms with Crippen LogP contribution < -0.4 is 5.32 Å². The molecule has 0 amide bonds. The molecule has 5 atom stereocenters. The molecular formula is C19H33NO4. The predicted molar refractivity (Wildman–Crippen MR) is 93.9 cm³/mol. The van der Waals surface area contributed by atoms with Gasteiger partial charge in [0, 0.05) is 25.4 Å². The third-order valence-corrected chi connectivity index (χ3v) is 5.31. The van der Waals surface area contributed by atoms with Gasteiger partial charge >= 0.3 is 5.97 Å². The Hall–Kier alpha value is -0.910. The Morgan fingerprint density at radius 1 is 1.29 bits per heavy atom. The molecule has 0 radical (unpaired) electrons. The molecule has 1 unspecified atom stereocenters. The first-order valence-electron chi connectivity index (χ1n) is 9.52. The number of rotatable bonds is 12. The minimum absolute atomic E-state index is 0.244. The van der Waals surface area contributed by atoms with Gasteiger partial charge in [-0.2, -0.15) is 0 Å². The Kier molecular flexibility index (Phi) is 8.22. The summed E-state index contributed by atoms with van der Waals surface area (Å²) >= 11 is 0. The number of unbranched alkanes of at least 4 members (excludes halogenated alkanes) is 1. The van der Waals surface area contributed by atoms with Gasteiger partial charge in [0.1, 0.15) is 0 Å². The molecule has 2 heterocycles. The summed E-state index contributed by atoms with van der Waals surface area (Å²) in [6.45, 7) is 3.67. The maximum atomic E-state index is 10.5. The third-order valence-electron chi connectivity index (χ3n) is 5.31. The standard InChI is InChI=1S/C19H33NO4/c1-2-7-14(21)12-20-13-16-15(17-10-11-18(16)24-17)8-5-3-4-6-9-19(22)23/h3,5,14-18,20-21H,2,4,6-13H2,1H3,(H,22,23)/t14?,15-,16+,17-,18+/m1/s1. The second kappa shape index (κ2) is 10.2. The van der Waals surface area contributed by atoms with Crippen molar-refractivity contribution in [1.29, 1.82) is 0 Å². The first-order chi connectivity index (χ1) is 11.6. The molecule has 3 N–H and O–H groups in total. The van der Waals surface area contributed by atoms with Crippen molar-refractivity contribution in [2.45, 2.75) is 76.6 Å². The highest BCUT2D eigenvalue weighted by Gasteiger charge is 2.47. The molecule has 5 heteroatoms. The van der Waals surface area contributed by atoms with Gasteiger partial charge in [-0.3, -0.25) is 4.79 Å². The molecule has 0 aromatic carbocycles. The summed E-state index contributed by atoms with van der Waals surface area (Å²) in [5, 5.41) is 21.9. The zero-order valence-electron chi connectivity index (χ0n) is 14.8. The van der Waals surface area contributed by atoms with E-state index in [2.05, 4.69) is 24.4 Å². The second-order valence-electron chi connectivity index (χ2n) is 7.21. The predicted octanol–water partition coefficient (Wildman–Crippen LogP) is 2.73. The van der Waals surface area contributed by atoms with Crippen molar-refractivity contribution >= 4 is 5.97 Å². The van der Waals surface area contributed by atoms with Gasteiger partial charge in [0.15, 0.2) is 0 Å². The summed E-state index contributed by atoms with van der Waals surface area (Å²) in [6, 6.07) is 0. The molecule has 2 aliphatic heterocycles. The molecule has 0 aromatic rings. The van der Waals surface area contributed by atoms with E-state index in [1.54, 1.807) is 0 Å². The van der Waals surface area contributed by atoms with Crippen LogP contribution in [0.4, 0.5) is 0 Å². The highest BCUT2D eigenvalue weighted by molar-refractivity contribution is 5.66. The first kappa shape index (κ1) is 19.4. The van der Waals surface area contributed by atoms with Crippen LogP contribution in [0.5, 0.6) is 0 Å². The quantitative estimate of drug-likeness (QED) is 0.376. The monoisotopic (exact) mass is 339 g/mol. The van der Waals surface area contributed by atoms with Crippen LogP contribution in [0, 0.1) is 11.8 Å². The molecular weight excluding hydrogens is 306 g/mol. The van der Waals surface area contributed by atoms with Gasteiger partial charge in [0.2, 0.25) is 0 Å². The maximum absolute atomic E-state index is 10.5. The first-order valence-corrected chi connectivity index (χ1v) is 9.52. The smallest absolute Gasteiger partial charge is 0.303 e. The van der Waals surface area contributed by atoms with E-state index >= 15 is 0 Å². The van der Waals surface area contributed by atoms with E-state index in [4.69, 9.17) is 9.84 Å². The highest BCUT2D eigenvalue weighted by atomic mass is 16.5. The molecule has 0 spiro atoms. The summed E-state index contributed by atoms with van der Waals surface area (Å²) in [7, 11) is 0. The number of nitrogens with one attached hydrogen (secondary N) is 1. The van der Waals surface area contributed by atoms with E-state index in [1.807, 2.05) is 0 Å². The fraction of sp³-hybridized carbons (Fsp3) is 0.842. The van der Waals surface area contributed by atoms with Gasteiger partial charge in [0.25, 0.3) is 0 Å². The van der Waals surface area contributed by atoms with Crippen LogP contribution in [0.15, 0.2) is 12.2 Å². The van der Waals surface area contributed by atoms with Crippen molar-refractivity contribution < 1.29 is 19.7 Å². The molecule has 2 rings (SSSR count). The molecule has 0 saturated carbocycles. The molecule has 2 fully saturated rings. The summed E-state index contributed by atoms with van der Waals surface area (Å²) in [5.74, 6) is 0.359. The normalized spacial score (nSPS) is 30.2. The van der Waals surface area contributed by atoms with Gasteiger partial charge in [-0.1, -0.05) is 25.5 Å². The van der Waals surface area contributed by atoms with Crippen molar-refractivity contribution in [3.63, 3.8) is 0 Å². The van der Waals surface area contributed by atoms with Crippen molar-refractivity contribution in [2.75, 3.05) is 13.1 Å². The zero-order chi connectivity index (χ0) is 17.4. The van der Waals surface area contributed by atoms with Crippen molar-refractivity contribution in [3.05, 3.63) is 12.2 Å². The Labute approximate surface area is 145 Å². The van der Waals surface area contributed by atoms with Crippen LogP contribution in [0.1, 0.15) is 58.3 Å². The number of allylic oxidation sites excluding steroid dienone is 2. The third kappa shape index (κ3) is 5.87. The van der Waals surface area contributed by atoms with E-state index in [-0.39, 0.29) is 12.5 Å². The molecule has 2 aliphatic rings. The minimum Gasteiger partial charge on any atom is -0.481 e. The fourth-order valence-corrected chi connectivity index (χ4v) is 4.07. The van der Waals surface area contributed by atoms with Crippen LogP contribution in [0.25, 0.3) is 0 Å². The van der Waals surface area contributed by atoms with Gasteiger partial charge in [-0.05, 0) is 44.4 Å². The van der Waals surface area contributed by atoms with Gasteiger partial charge in [-0.15, -0.1) is 0 Å². The lowest BCUT2D eigenvalue weighted by molar-refractivity contribution is -0.137. The topological polar surface area (TPSA) is 78.8 Å². The van der Waals surface area contributed by atoms with Crippen LogP contribution in [0.3, 0.4) is 0 Å². The Bertz CT molecular complexity index is 412. The molecule has 0 aromatic heterocycles. The zero-order valence-corrected chi connectivity index (χ0v) is 14.8. The van der Waals surface area contributed by atoms with E-state index in [9.17, 15) is 9.90 Å². The number of carbonyl (C=O) groups is 1. The lowest BCUT2D eigenvalue weighted by Gasteiger charge is -2.28. The molecule has 2 bridgehead atoms. The van der Waals surface area contributed by atoms with E-state index in [0.29, 0.717) is 37.0 Å². The van der Waals surface area contributed by atoms with Gasteiger partial charge in [0.05, 0.1) is 18.3 Å². The highest BCUT2D eigenvalue weighted by Crippen LogP contribution is 2.44. The maximum Gasteiger partial charge on any atom is 0.303 e. The molecule has 5 nitrogen and oxygen atoms in total. The Morgan fingerprint density at radius 3 is 2.75 bits per heavy atom. The number of carboxylic acids is 1. The number of fused-ring (bicyclic) bond motifs is 2. The van der Waals surface area contributed by atoms with E-state index in [1.165, 1.54) is 0 Å². The average Bonchev–Trinajstić information content (AvgIpc) is 3.12. The Morgan fingerprint density at radius 2 is 2.04 bits per heavy atom. The molecule has 0 aliphatic carbocycles. The summed E-state index contributed by atoms with van der Waals surface area (Å²) in [4.78, 5) is 10.5. The van der Waals surface area contributed by atoms with E-state index in [0.717, 1.165) is 45.1 Å². The SMILES string of the molecule is CCCC(O)CNC[C@H]1[C@@H](CC=CCCCC(=O)O)[C@H]2CC[C@@H]1O2. The second-order valence-corrected chi connectivity index (χ2v) is 7.21. The number of hydrogen-bond donors (Lipinski definition) is 3. The van der Waals surface area contributed by atoms with Crippen molar-refractivity contribution in [3.8, 4) is 0 Å². The minimum atomic E-state index is -0.721. The van der Waals surface area contributed by atoms with Crippen molar-refractivity contribution in [2.24, 2.45) is 11.8 Å². The molecule has 2 saturated heterocycles. The number of aliphatic hydroxyl groups excluding tert-OH is 1. The molecule has 24 heavy (non-hydrogen) atoms. The summed E-state index contributed by atoms with van der Waals surface area (Å²) < 4.78 is 6.10. The lowest BCUT2D eigenvalue weighted by atomic mass is 9.77. The fourth-order valence-electron chi connectivity index (χ4n) is 4.07. The average molecular weight is 339 g/mol. The van der Waals surface area contributed by atoms with Crippen LogP contribution in [0.2, 0.25) is 0 Å². The largest absolute Gasteiger partial charge is 0.481 e. The summed E-state index contributed by atoms with van der Waals surface area (Å²) in [6.07, 6.45) is 11.8. The number of aliphatic hydroxyl groups is 1. The van der Waals surface area contributed by atoms with Crippen molar-refractivity contribution in [1.82, 2.24) is 5.32 Å². The van der Waals surface area contributed by atoms with Gasteiger partial charge < -0.3 is 20.3 Å². The number of aliphatic carboxylic acids is 1. The lowest BCUT2D eigenvalue weighted by Crippen LogP contribution is -2.38. The van der Waals surface area contributed by atoms with Crippen LogP contribution in [-0.2, 0) is 9.53 Å². The summed E-state index contributed by atoms with van der Waals surface area (Å²) in [5.41, 5.74) is 0. The number of hydrogen-bond acceptors (Lipinski definition) is 4. The van der Waals surface area contributed by atoms with Gasteiger partial charge in [-0.25, -0.2) is 0 Å². The van der Waals surface area contributed by atoms with E-state index < -0.39 is 5.97 Å². The number of carboxylic acid groups (broad SMARTS) is 1. The number of ether oxygens (including phenoxy) is 1. The van der Waals surface area contributed by atoms with Crippen LogP contribution >= 0.6 is 0 Å². The molecule has 138 valence electrons. The van der Waals surface area contributed by atoms with Crippen LogP contribution in [-0.4, -0.2) is 47.6 Å². The Balaban J connectivity index is 1.71.